The molecule has 1 fully saturated rings. The number of carboxylic acid groups (broad SMARTS) is 2. The van der Waals surface area contributed by atoms with E-state index in [1.807, 2.05) is 35.2 Å². The van der Waals surface area contributed by atoms with E-state index in [1.54, 1.807) is 18.2 Å². The summed E-state index contributed by atoms with van der Waals surface area (Å²) in [6.45, 7) is 3.35. The Morgan fingerprint density at radius 3 is 2.09 bits per heavy atom. The fourth-order valence-corrected chi connectivity index (χ4v) is 3.49. The number of halogens is 2. The lowest BCUT2D eigenvalue weighted by atomic mass is 10.2. The Kier molecular flexibility index (Phi) is 10.4. The average Bonchev–Trinajstić information content (AvgIpc) is 2.79. The number of β-amino-alcohol motifs (C(OH)–C–C–N with tert-alkyl or cyclic N) is 1. The van der Waals surface area contributed by atoms with Gasteiger partial charge in [-0.15, -0.1) is 0 Å². The summed E-state index contributed by atoms with van der Waals surface area (Å²) in [4.78, 5) is 34.6. The van der Waals surface area contributed by atoms with Crippen LogP contribution in [0.25, 0.3) is 0 Å². The van der Waals surface area contributed by atoms with E-state index in [-0.39, 0.29) is 12.5 Å². The van der Waals surface area contributed by atoms with Gasteiger partial charge in [0.15, 0.2) is 0 Å². The summed E-state index contributed by atoms with van der Waals surface area (Å²) in [5, 5.41) is 26.0. The first-order valence-corrected chi connectivity index (χ1v) is 10.7. The van der Waals surface area contributed by atoms with E-state index >= 15 is 0 Å². The minimum Gasteiger partial charge on any atom is -0.489 e. The van der Waals surface area contributed by atoms with Gasteiger partial charge in [0.25, 0.3) is 5.91 Å². The van der Waals surface area contributed by atoms with Gasteiger partial charge < -0.3 is 25.0 Å². The lowest BCUT2D eigenvalue weighted by molar-refractivity contribution is -0.159. The maximum atomic E-state index is 12.5. The molecule has 0 saturated carbocycles. The number of aliphatic hydroxyl groups excluding tert-OH is 1. The summed E-state index contributed by atoms with van der Waals surface area (Å²) in [7, 11) is 0. The van der Waals surface area contributed by atoms with Gasteiger partial charge >= 0.3 is 11.9 Å². The Balaban J connectivity index is 0.000000569. The molecular weight excluding hydrogens is 475 g/mol. The molecule has 2 aromatic carbocycles. The van der Waals surface area contributed by atoms with Gasteiger partial charge in [-0.05, 0) is 30.3 Å². The van der Waals surface area contributed by atoms with Crippen molar-refractivity contribution in [1.29, 1.82) is 0 Å². The van der Waals surface area contributed by atoms with Crippen molar-refractivity contribution in [3.8, 4) is 5.75 Å². The van der Waals surface area contributed by atoms with Crippen LogP contribution in [0.2, 0.25) is 10.0 Å². The number of nitrogens with zero attached hydrogens (tertiary/aromatic N) is 2. The number of carbonyl (C=O) groups is 3. The van der Waals surface area contributed by atoms with Crippen molar-refractivity contribution in [1.82, 2.24) is 9.80 Å². The molecule has 0 aliphatic carbocycles. The third kappa shape index (κ3) is 8.89. The third-order valence-corrected chi connectivity index (χ3v) is 5.19. The predicted molar refractivity (Wildman–Crippen MR) is 122 cm³/mol. The first-order chi connectivity index (χ1) is 15.7. The van der Waals surface area contributed by atoms with Crippen LogP contribution in [0, 0.1) is 0 Å². The number of hydrogen-bond acceptors (Lipinski definition) is 6. The van der Waals surface area contributed by atoms with E-state index in [0.29, 0.717) is 41.0 Å². The number of aliphatic hydroxyl groups is 1. The SMILES string of the molecule is O=C(O)C(=O)O.O=C(c1ccccc1)N1CCN(CC(O)COc2ccc(Cl)cc2Cl)CC1. The zero-order valence-corrected chi connectivity index (χ0v) is 19.1. The molecule has 1 atom stereocenters. The number of amides is 1. The highest BCUT2D eigenvalue weighted by Crippen LogP contribution is 2.27. The van der Waals surface area contributed by atoms with Crippen LogP contribution in [0.4, 0.5) is 0 Å². The van der Waals surface area contributed by atoms with Crippen LogP contribution in [0.5, 0.6) is 5.75 Å². The van der Waals surface area contributed by atoms with Gasteiger partial charge in [0.05, 0.1) is 5.02 Å². The maximum Gasteiger partial charge on any atom is 0.414 e. The van der Waals surface area contributed by atoms with Gasteiger partial charge in [0.2, 0.25) is 0 Å². The average molecular weight is 499 g/mol. The first kappa shape index (κ1) is 26.4. The molecule has 178 valence electrons. The molecule has 1 heterocycles. The summed E-state index contributed by atoms with van der Waals surface area (Å²) in [6.07, 6.45) is -0.645. The molecule has 1 amide bonds. The quantitative estimate of drug-likeness (QED) is 0.517. The molecule has 11 heteroatoms. The standard InChI is InChI=1S/C20H22Cl2N2O3.C2H2O4/c21-16-6-7-19(18(22)12-16)27-14-17(25)13-23-8-10-24(11-9-23)20(26)15-4-2-1-3-5-15;3-1(4)2(5)6/h1-7,12,17,25H,8-11,13-14H2;(H,3,4)(H,5,6). The number of piperazine rings is 1. The Bertz CT molecular complexity index is 939. The number of rotatable bonds is 6. The lowest BCUT2D eigenvalue weighted by Crippen LogP contribution is -2.50. The van der Waals surface area contributed by atoms with Crippen molar-refractivity contribution < 1.29 is 34.4 Å². The molecule has 0 aromatic heterocycles. The van der Waals surface area contributed by atoms with E-state index in [0.717, 1.165) is 13.1 Å². The number of carboxylic acids is 2. The monoisotopic (exact) mass is 498 g/mol. The summed E-state index contributed by atoms with van der Waals surface area (Å²) >= 11 is 11.9. The van der Waals surface area contributed by atoms with Crippen LogP contribution in [-0.2, 0) is 9.59 Å². The second-order valence-electron chi connectivity index (χ2n) is 7.11. The third-order valence-electron chi connectivity index (χ3n) is 4.66. The second-order valence-corrected chi connectivity index (χ2v) is 7.95. The fourth-order valence-electron chi connectivity index (χ4n) is 3.03. The number of benzene rings is 2. The second kappa shape index (κ2) is 13.0. The first-order valence-electron chi connectivity index (χ1n) is 9.96. The van der Waals surface area contributed by atoms with Crippen LogP contribution in [0.1, 0.15) is 10.4 Å². The van der Waals surface area contributed by atoms with E-state index in [1.165, 1.54) is 0 Å². The minimum atomic E-state index is -1.82. The summed E-state index contributed by atoms with van der Waals surface area (Å²) in [5.41, 5.74) is 0.708. The molecule has 1 unspecified atom stereocenters. The van der Waals surface area contributed by atoms with Crippen molar-refractivity contribution >= 4 is 41.0 Å². The molecule has 3 rings (SSSR count). The Labute approximate surface area is 200 Å². The smallest absolute Gasteiger partial charge is 0.414 e. The van der Waals surface area contributed by atoms with Crippen LogP contribution < -0.4 is 4.74 Å². The Morgan fingerprint density at radius 1 is 0.939 bits per heavy atom. The van der Waals surface area contributed by atoms with Crippen LogP contribution in [0.3, 0.4) is 0 Å². The van der Waals surface area contributed by atoms with Crippen LogP contribution in [0.15, 0.2) is 48.5 Å². The molecule has 0 radical (unpaired) electrons. The van der Waals surface area contributed by atoms with Gasteiger partial charge in [-0.2, -0.15) is 0 Å². The summed E-state index contributed by atoms with van der Waals surface area (Å²) in [6, 6.07) is 14.3. The molecule has 0 bridgehead atoms. The zero-order chi connectivity index (χ0) is 24.4. The number of hydrogen-bond donors (Lipinski definition) is 3. The van der Waals surface area contributed by atoms with E-state index < -0.39 is 18.0 Å². The fraction of sp³-hybridized carbons (Fsp3) is 0.318. The minimum absolute atomic E-state index is 0.0523. The highest BCUT2D eigenvalue weighted by molar-refractivity contribution is 6.35. The van der Waals surface area contributed by atoms with Gasteiger partial charge in [0.1, 0.15) is 18.5 Å². The molecule has 9 nitrogen and oxygen atoms in total. The van der Waals surface area contributed by atoms with Crippen molar-refractivity contribution in [3.05, 3.63) is 64.1 Å². The lowest BCUT2D eigenvalue weighted by Gasteiger charge is -2.35. The van der Waals surface area contributed by atoms with E-state index in [2.05, 4.69) is 4.90 Å². The van der Waals surface area contributed by atoms with Crippen molar-refractivity contribution in [2.75, 3.05) is 39.3 Å². The molecule has 2 aromatic rings. The van der Waals surface area contributed by atoms with Crippen molar-refractivity contribution in [3.63, 3.8) is 0 Å². The van der Waals surface area contributed by atoms with Crippen molar-refractivity contribution in [2.45, 2.75) is 6.10 Å². The van der Waals surface area contributed by atoms with Crippen LogP contribution >= 0.6 is 23.2 Å². The zero-order valence-electron chi connectivity index (χ0n) is 17.6. The molecule has 33 heavy (non-hydrogen) atoms. The number of ether oxygens (including phenoxy) is 1. The molecule has 0 spiro atoms. The molecular formula is C22H24Cl2N2O7. The number of aliphatic carboxylic acids is 2. The normalized spacial score (nSPS) is 14.6. The highest BCUT2D eigenvalue weighted by atomic mass is 35.5. The maximum absolute atomic E-state index is 12.5. The Morgan fingerprint density at radius 2 is 1.55 bits per heavy atom. The molecule has 1 saturated heterocycles. The molecule has 1 aliphatic heterocycles. The van der Waals surface area contributed by atoms with Gasteiger partial charge in [-0.1, -0.05) is 41.4 Å². The Hall–Kier alpha value is -2.85. The topological polar surface area (TPSA) is 128 Å². The van der Waals surface area contributed by atoms with Gasteiger partial charge in [0, 0.05) is 43.3 Å². The van der Waals surface area contributed by atoms with E-state index in [9.17, 15) is 9.90 Å². The highest BCUT2D eigenvalue weighted by Gasteiger charge is 2.23. The number of carbonyl (C=O) groups excluding carboxylic acids is 1. The summed E-state index contributed by atoms with van der Waals surface area (Å²) in [5.74, 6) is -3.10. The van der Waals surface area contributed by atoms with E-state index in [4.69, 9.17) is 47.7 Å². The molecule has 3 N–H and O–H groups in total. The van der Waals surface area contributed by atoms with Gasteiger partial charge in [-0.3, -0.25) is 9.69 Å². The largest absolute Gasteiger partial charge is 0.489 e. The van der Waals surface area contributed by atoms with Crippen molar-refractivity contribution in [2.24, 2.45) is 0 Å². The molecule has 1 aliphatic rings. The van der Waals surface area contributed by atoms with Crippen LogP contribution in [-0.4, -0.2) is 88.4 Å². The predicted octanol–water partition coefficient (Wildman–Crippen LogP) is 2.35. The van der Waals surface area contributed by atoms with Gasteiger partial charge in [-0.25, -0.2) is 9.59 Å². The summed E-state index contributed by atoms with van der Waals surface area (Å²) < 4.78 is 5.58.